The Bertz CT molecular complexity index is 2530. The van der Waals surface area contributed by atoms with Gasteiger partial charge in [-0.15, -0.1) is 0 Å². The Labute approximate surface area is 504 Å². The highest BCUT2D eigenvalue weighted by Crippen LogP contribution is 2.28. The molecule has 0 unspecified atom stereocenters. The Morgan fingerprint density at radius 1 is 0.532 bits per heavy atom. The zero-order chi connectivity index (χ0) is 59.5. The summed E-state index contributed by atoms with van der Waals surface area (Å²) in [6, 6.07) is 27.9. The van der Waals surface area contributed by atoms with Gasteiger partial charge >= 0.3 is 40.9 Å². The maximum Gasteiger partial charge on any atom is 0.509 e. The second-order valence-corrected chi connectivity index (χ2v) is 21.7. The van der Waals surface area contributed by atoms with Gasteiger partial charge in [-0.2, -0.15) is 13.2 Å². The van der Waals surface area contributed by atoms with Crippen LogP contribution in [0.1, 0.15) is 125 Å². The van der Waals surface area contributed by atoms with Gasteiger partial charge in [0, 0.05) is 39.6 Å². The van der Waals surface area contributed by atoms with Crippen LogP contribution in [0.15, 0.2) is 149 Å². The van der Waals surface area contributed by atoms with E-state index in [1.54, 1.807) is 62.4 Å². The maximum absolute atomic E-state index is 12.1. The van der Waals surface area contributed by atoms with E-state index < -0.39 is 12.0 Å². The van der Waals surface area contributed by atoms with Crippen LogP contribution in [-0.4, -0.2) is 169 Å². The normalized spacial score (nSPS) is 13.8. The minimum Gasteiger partial charge on any atom is -0.823 e. The predicted molar refractivity (Wildman–Crippen MR) is 326 cm³/mol. The van der Waals surface area contributed by atoms with Gasteiger partial charge in [0.2, 0.25) is 0 Å². The highest BCUT2D eigenvalue weighted by Gasteiger charge is 2.43. The summed E-state index contributed by atoms with van der Waals surface area (Å²) in [6.07, 6.45) is 5.56. The van der Waals surface area contributed by atoms with Crippen LogP contribution < -0.4 is 0 Å². The second-order valence-electron chi connectivity index (χ2n) is 19.3. The van der Waals surface area contributed by atoms with Gasteiger partial charge in [-0.3, -0.25) is 28.8 Å². The summed E-state index contributed by atoms with van der Waals surface area (Å²) in [4.78, 5) is 55.7. The van der Waals surface area contributed by atoms with E-state index >= 15 is 0 Å². The molecular formula is C56H83Al6F3O12. The lowest BCUT2D eigenvalue weighted by molar-refractivity contribution is -0.0632. The molecular weight excluding hydrogens is 1080 g/mol. The molecule has 418 valence electrons. The summed E-state index contributed by atoms with van der Waals surface area (Å²) in [5.74, 6) is 4.30. The smallest absolute Gasteiger partial charge is 0.509 e. The largest absolute Gasteiger partial charge is 0.823 e. The number of halogens is 3. The summed E-state index contributed by atoms with van der Waals surface area (Å²) in [7, 11) is 0. The first kappa shape index (κ1) is 75.0. The molecule has 0 aliphatic heterocycles. The van der Waals surface area contributed by atoms with Crippen molar-refractivity contribution < 1.29 is 64.7 Å². The van der Waals surface area contributed by atoms with Crippen molar-refractivity contribution in [2.45, 2.75) is 121 Å². The molecule has 0 saturated heterocycles. The van der Waals surface area contributed by atoms with E-state index in [-0.39, 0.29) is 39.0 Å². The molecule has 0 atom stereocenters. The van der Waals surface area contributed by atoms with Crippen LogP contribution in [0.4, 0.5) is 13.2 Å². The third kappa shape index (κ3) is 34.5. The summed E-state index contributed by atoms with van der Waals surface area (Å²) in [6.45, 7) is 22.9. The molecule has 4 rings (SSSR count). The SMILES string of the molecule is CC(=CC(=[OH+])Cc1ccccc1)[O][AlH2-].CC(=[OH+])C(C)=C(C)[O][AlH2-].CC(=[OH+])C=C([O][AlH2-])c1ccccc1.CC(C)(C)C(=[OH+])C=C([O][AlH2-])C(C)(C)C.CC([O][AlH2-])=C1CCCCC1=[OH+].[OH+]=C(C=C([O][AlH2-])c1ccccc1)C(F)(F)F. The number of carbonyl (C=O) groups excluding carboxylic acids is 6. The van der Waals surface area contributed by atoms with Crippen molar-refractivity contribution in [1.82, 2.24) is 0 Å². The number of allylic oxidation sites excluding steroid dienone is 10. The lowest BCUT2D eigenvalue weighted by atomic mass is 9.87. The van der Waals surface area contributed by atoms with Gasteiger partial charge in [0.05, 0.1) is 79.1 Å². The van der Waals surface area contributed by atoms with E-state index in [0.717, 1.165) is 70.3 Å². The number of hydrogen-bond donors (Lipinski definition) is 0. The Hall–Kier alpha value is -4.10. The second kappa shape index (κ2) is 40.1. The number of ketones is 6. The third-order valence-corrected chi connectivity index (χ3v) is 14.1. The van der Waals surface area contributed by atoms with E-state index in [4.69, 9.17) is 37.1 Å². The van der Waals surface area contributed by atoms with Crippen LogP contribution in [0.25, 0.3) is 11.5 Å². The molecule has 1 aliphatic rings. The molecule has 77 heavy (non-hydrogen) atoms. The standard InChI is InChI=1S/C11H12O2.C11H20O2.C10H7F3O2.C10H10O2.C8H12O2.C6H10O2.6Al.12H/c1-9(12)7-11(13)8-10-5-3-2-4-6-10;1-10(2,3)8(12)7-9(13)11(4,5)6;11-10(12,13)9(15)6-8(14)7-4-2-1-3-5-7;1-8(11)7-10(12)9-5-3-2-4-6-9;1-6(9)7-4-2-3-5-8(7)10;1-4(5(2)7)6(3)8;;;;;;;;;;;;;;;;;;/h2-7,12H,8H2,1H3;7,12H,1-6H3;1-6,14H;2-7,12H,1H3;9H,2-5H2,1H3;7H,1-3H3;;;;;;;;;;;;;;;;;;. The Balaban J connectivity index is 0. The zero-order valence-electron chi connectivity index (χ0n) is 48.8. The van der Waals surface area contributed by atoms with Crippen LogP contribution in [0, 0.1) is 10.8 Å². The van der Waals surface area contributed by atoms with Crippen LogP contribution in [0.5, 0.6) is 0 Å². The number of hydrogen-bond acceptors (Lipinski definition) is 6. The van der Waals surface area contributed by atoms with Gasteiger partial charge in [0.25, 0.3) is 0 Å². The van der Waals surface area contributed by atoms with Crippen molar-refractivity contribution in [2.24, 2.45) is 10.8 Å². The van der Waals surface area contributed by atoms with E-state index in [1.165, 1.54) is 6.42 Å². The molecule has 12 nitrogen and oxygen atoms in total. The van der Waals surface area contributed by atoms with Gasteiger partial charge in [0.1, 0.15) is 0 Å². The van der Waals surface area contributed by atoms with Gasteiger partial charge < -0.3 is 22.7 Å². The lowest BCUT2D eigenvalue weighted by Gasteiger charge is -2.28. The maximum atomic E-state index is 12.1. The average Bonchev–Trinajstić information content (AvgIpc) is 3.38. The van der Waals surface area contributed by atoms with Gasteiger partial charge in [0.15, 0.2) is 99.7 Å². The van der Waals surface area contributed by atoms with Crippen LogP contribution in [-0.2, 0) is 29.2 Å². The molecule has 3 aromatic rings. The van der Waals surface area contributed by atoms with Crippen molar-refractivity contribution in [3.8, 4) is 0 Å². The molecule has 0 aromatic heterocycles. The molecule has 3 aromatic carbocycles. The van der Waals surface area contributed by atoms with E-state index in [0.29, 0.717) is 124 Å². The van der Waals surface area contributed by atoms with Crippen LogP contribution in [0.3, 0.4) is 0 Å². The van der Waals surface area contributed by atoms with Crippen LogP contribution >= 0.6 is 0 Å². The molecule has 0 amide bonds. The lowest BCUT2D eigenvalue weighted by Crippen LogP contribution is -2.21. The molecule has 0 spiro atoms. The van der Waals surface area contributed by atoms with Crippen LogP contribution in [0.2, 0.25) is 0 Å². The molecule has 0 bridgehead atoms. The van der Waals surface area contributed by atoms with Crippen molar-refractivity contribution in [1.29, 1.82) is 0 Å². The molecule has 6 N–H and O–H groups in total. The molecule has 6 radical (unpaired) electrons. The molecule has 1 aliphatic carbocycles. The van der Waals surface area contributed by atoms with Crippen molar-refractivity contribution in [3.63, 3.8) is 0 Å². The summed E-state index contributed by atoms with van der Waals surface area (Å²) in [5.41, 5.74) is 4.22. The quantitative estimate of drug-likeness (QED) is 0.0656. The van der Waals surface area contributed by atoms with E-state index in [1.807, 2.05) is 109 Å². The molecule has 21 heteroatoms. The zero-order valence-corrected chi connectivity index (χ0v) is 60.8. The van der Waals surface area contributed by atoms with E-state index in [2.05, 4.69) is 20.8 Å². The highest BCUT2D eigenvalue weighted by molar-refractivity contribution is 6.06. The van der Waals surface area contributed by atoms with Gasteiger partial charge in [-0.1, -0.05) is 112 Å². The summed E-state index contributed by atoms with van der Waals surface area (Å²) in [5, 5.41) is 0. The fraction of sp³-hybridized carbons (Fsp3) is 0.357. The monoisotopic (exact) mass is 1170 g/mol. The third-order valence-electron chi connectivity index (χ3n) is 10.9. The minimum absolute atomic E-state index is 0.0158. The molecule has 1 fully saturated rings. The number of rotatable bonds is 15. The van der Waals surface area contributed by atoms with E-state index in [9.17, 15) is 27.6 Å². The average molecular weight is 1170 g/mol. The summed E-state index contributed by atoms with van der Waals surface area (Å²) >= 11 is 3.57. The van der Waals surface area contributed by atoms with Gasteiger partial charge in [-0.05, 0) is 73.3 Å². The van der Waals surface area contributed by atoms with Crippen molar-refractivity contribution in [3.05, 3.63) is 166 Å². The Morgan fingerprint density at radius 2 is 0.987 bits per heavy atom. The first-order valence-electron chi connectivity index (χ1n) is 24.8. The number of benzene rings is 3. The fourth-order valence-corrected chi connectivity index (χ4v) is 8.10. The van der Waals surface area contributed by atoms with Crippen molar-refractivity contribution >= 4 is 146 Å². The van der Waals surface area contributed by atoms with Crippen molar-refractivity contribution in [2.75, 3.05) is 0 Å². The topological polar surface area (TPSA) is 184 Å². The first-order valence-corrected chi connectivity index (χ1v) is 29.7. The first-order chi connectivity index (χ1) is 35.8. The Morgan fingerprint density at radius 3 is 1.32 bits per heavy atom. The highest BCUT2D eigenvalue weighted by atomic mass is 27.1. The molecule has 0 heterocycles. The minimum atomic E-state index is -4.75. The van der Waals surface area contributed by atoms with Gasteiger partial charge in [-0.25, -0.2) is 0 Å². The molecule has 1 saturated carbocycles. The fourth-order valence-electron chi connectivity index (χ4n) is 5.99. The number of alkyl halides is 3. The predicted octanol–water partition coefficient (Wildman–Crippen LogP) is 7.52. The summed E-state index contributed by atoms with van der Waals surface area (Å²) < 4.78 is 67.1. The Kier molecular flexibility index (Phi) is 39.1.